The first kappa shape index (κ1) is 13.0. The second-order valence-electron chi connectivity index (χ2n) is 6.09. The fraction of sp³-hybridized carbons (Fsp3) is 0.600. The van der Waals surface area contributed by atoms with Crippen LogP contribution >= 0.6 is 0 Å². The smallest absolute Gasteiger partial charge is 0.129 e. The maximum Gasteiger partial charge on any atom is 0.129 e. The SMILES string of the molecule is CC1CC(O)(Cc2ccc(F)cc2F)CN1C1CC1. The number of hydrogen-bond donors (Lipinski definition) is 1. The van der Waals surface area contributed by atoms with Gasteiger partial charge < -0.3 is 5.11 Å². The maximum absolute atomic E-state index is 13.7. The molecular formula is C15H19F2NO. The molecule has 4 heteroatoms. The minimum atomic E-state index is -0.888. The quantitative estimate of drug-likeness (QED) is 0.909. The molecule has 1 aliphatic heterocycles. The maximum atomic E-state index is 13.7. The van der Waals surface area contributed by atoms with Crippen LogP contribution in [0.25, 0.3) is 0 Å². The second kappa shape index (κ2) is 4.53. The van der Waals surface area contributed by atoms with E-state index in [0.717, 1.165) is 6.07 Å². The number of β-amino-alcohol motifs (C(OH)–C–C–N with tert-alkyl or cyclic N) is 1. The van der Waals surface area contributed by atoms with Gasteiger partial charge in [0.15, 0.2) is 0 Å². The van der Waals surface area contributed by atoms with Gasteiger partial charge >= 0.3 is 0 Å². The van der Waals surface area contributed by atoms with Gasteiger partial charge in [-0.25, -0.2) is 8.78 Å². The predicted molar refractivity (Wildman–Crippen MR) is 68.8 cm³/mol. The third-order valence-electron chi connectivity index (χ3n) is 4.27. The Hall–Kier alpha value is -1.00. The lowest BCUT2D eigenvalue weighted by molar-refractivity contribution is 0.0478. The Labute approximate surface area is 112 Å². The third-order valence-corrected chi connectivity index (χ3v) is 4.27. The molecule has 1 aromatic rings. The highest BCUT2D eigenvalue weighted by atomic mass is 19.1. The van der Waals surface area contributed by atoms with Crippen molar-refractivity contribution < 1.29 is 13.9 Å². The summed E-state index contributed by atoms with van der Waals surface area (Å²) >= 11 is 0. The number of benzene rings is 1. The minimum absolute atomic E-state index is 0.257. The molecule has 0 amide bonds. The van der Waals surface area contributed by atoms with Crippen LogP contribution in [0.3, 0.4) is 0 Å². The molecule has 1 saturated carbocycles. The van der Waals surface area contributed by atoms with E-state index in [4.69, 9.17) is 0 Å². The van der Waals surface area contributed by atoms with Crippen molar-refractivity contribution >= 4 is 0 Å². The van der Waals surface area contributed by atoms with Crippen molar-refractivity contribution in [2.24, 2.45) is 0 Å². The summed E-state index contributed by atoms with van der Waals surface area (Å²) in [5, 5.41) is 10.7. The molecule has 2 nitrogen and oxygen atoms in total. The van der Waals surface area contributed by atoms with E-state index in [1.165, 1.54) is 25.0 Å². The summed E-state index contributed by atoms with van der Waals surface area (Å²) in [4.78, 5) is 2.32. The Morgan fingerprint density at radius 3 is 2.74 bits per heavy atom. The summed E-state index contributed by atoms with van der Waals surface area (Å²) in [6.07, 6.45) is 3.31. The van der Waals surface area contributed by atoms with Crippen LogP contribution in [0, 0.1) is 11.6 Å². The van der Waals surface area contributed by atoms with Gasteiger partial charge in [-0.05, 0) is 37.8 Å². The van der Waals surface area contributed by atoms with Crippen molar-refractivity contribution in [2.45, 2.75) is 50.3 Å². The molecule has 2 atom stereocenters. The fourth-order valence-electron chi connectivity index (χ4n) is 3.27. The van der Waals surface area contributed by atoms with Crippen LogP contribution < -0.4 is 0 Å². The Bertz CT molecular complexity index is 489. The van der Waals surface area contributed by atoms with E-state index in [1.807, 2.05) is 0 Å². The van der Waals surface area contributed by atoms with E-state index >= 15 is 0 Å². The van der Waals surface area contributed by atoms with Crippen LogP contribution in [-0.4, -0.2) is 34.2 Å². The molecule has 0 bridgehead atoms. The lowest BCUT2D eigenvalue weighted by Gasteiger charge is -2.24. The fourth-order valence-corrected chi connectivity index (χ4v) is 3.27. The summed E-state index contributed by atoms with van der Waals surface area (Å²) in [5.74, 6) is -1.14. The molecule has 104 valence electrons. The number of aliphatic hydroxyl groups is 1. The Morgan fingerprint density at radius 1 is 1.37 bits per heavy atom. The molecule has 1 saturated heterocycles. The molecular weight excluding hydrogens is 248 g/mol. The Balaban J connectivity index is 1.75. The summed E-state index contributed by atoms with van der Waals surface area (Å²) < 4.78 is 26.6. The highest BCUT2D eigenvalue weighted by molar-refractivity contribution is 5.21. The van der Waals surface area contributed by atoms with Crippen molar-refractivity contribution in [1.82, 2.24) is 4.90 Å². The lowest BCUT2D eigenvalue weighted by atomic mass is 9.92. The van der Waals surface area contributed by atoms with Crippen molar-refractivity contribution in [1.29, 1.82) is 0 Å². The van der Waals surface area contributed by atoms with Crippen LogP contribution in [0.1, 0.15) is 31.7 Å². The molecule has 0 spiro atoms. The monoisotopic (exact) mass is 267 g/mol. The van der Waals surface area contributed by atoms with Gasteiger partial charge in [0.2, 0.25) is 0 Å². The standard InChI is InChI=1S/C15H19F2NO/c1-10-7-15(19,9-18(10)13-4-5-13)8-11-2-3-12(16)6-14(11)17/h2-3,6,10,13,19H,4-5,7-9H2,1H3. The van der Waals surface area contributed by atoms with E-state index in [0.29, 0.717) is 30.6 Å². The van der Waals surface area contributed by atoms with Gasteiger partial charge in [0.1, 0.15) is 11.6 Å². The van der Waals surface area contributed by atoms with E-state index in [1.54, 1.807) is 0 Å². The first-order valence-corrected chi connectivity index (χ1v) is 6.89. The van der Waals surface area contributed by atoms with E-state index in [9.17, 15) is 13.9 Å². The van der Waals surface area contributed by atoms with Gasteiger partial charge in [-0.1, -0.05) is 6.07 Å². The van der Waals surface area contributed by atoms with Crippen LogP contribution in [0.15, 0.2) is 18.2 Å². The predicted octanol–water partition coefficient (Wildman–Crippen LogP) is 2.50. The number of rotatable bonds is 3. The molecule has 2 aliphatic rings. The molecule has 1 heterocycles. The largest absolute Gasteiger partial charge is 0.388 e. The third kappa shape index (κ3) is 2.65. The summed E-state index contributed by atoms with van der Waals surface area (Å²) in [6.45, 7) is 2.70. The van der Waals surface area contributed by atoms with Gasteiger partial charge in [0.25, 0.3) is 0 Å². The molecule has 2 unspecified atom stereocenters. The van der Waals surface area contributed by atoms with Gasteiger partial charge in [0, 0.05) is 31.1 Å². The average molecular weight is 267 g/mol. The first-order valence-electron chi connectivity index (χ1n) is 6.89. The average Bonchev–Trinajstić information content (AvgIpc) is 3.10. The van der Waals surface area contributed by atoms with Crippen LogP contribution in [0.2, 0.25) is 0 Å². The Morgan fingerprint density at radius 2 is 2.11 bits per heavy atom. The topological polar surface area (TPSA) is 23.5 Å². The van der Waals surface area contributed by atoms with E-state index < -0.39 is 17.2 Å². The Kier molecular flexibility index (Phi) is 3.10. The molecule has 0 radical (unpaired) electrons. The molecule has 1 aromatic carbocycles. The summed E-state index contributed by atoms with van der Waals surface area (Å²) in [5.41, 5.74) is -0.491. The van der Waals surface area contributed by atoms with Crippen molar-refractivity contribution in [3.63, 3.8) is 0 Å². The van der Waals surface area contributed by atoms with Crippen LogP contribution in [0.4, 0.5) is 8.78 Å². The number of likely N-dealkylation sites (tertiary alicyclic amines) is 1. The molecule has 1 N–H and O–H groups in total. The second-order valence-corrected chi connectivity index (χ2v) is 6.09. The van der Waals surface area contributed by atoms with Crippen LogP contribution in [0.5, 0.6) is 0 Å². The van der Waals surface area contributed by atoms with Crippen molar-refractivity contribution in [3.05, 3.63) is 35.4 Å². The van der Waals surface area contributed by atoms with Crippen molar-refractivity contribution in [3.8, 4) is 0 Å². The van der Waals surface area contributed by atoms with Gasteiger partial charge in [0.05, 0.1) is 5.60 Å². The normalized spacial score (nSPS) is 31.9. The van der Waals surface area contributed by atoms with Gasteiger partial charge in [-0.2, -0.15) is 0 Å². The zero-order chi connectivity index (χ0) is 13.6. The summed E-state index contributed by atoms with van der Waals surface area (Å²) in [7, 11) is 0. The molecule has 1 aliphatic carbocycles. The zero-order valence-corrected chi connectivity index (χ0v) is 11.1. The lowest BCUT2D eigenvalue weighted by Crippen LogP contribution is -2.36. The number of nitrogens with zero attached hydrogens (tertiary/aromatic N) is 1. The zero-order valence-electron chi connectivity index (χ0n) is 11.1. The molecule has 0 aromatic heterocycles. The van der Waals surface area contributed by atoms with Crippen LogP contribution in [-0.2, 0) is 6.42 Å². The van der Waals surface area contributed by atoms with E-state index in [-0.39, 0.29) is 6.42 Å². The van der Waals surface area contributed by atoms with Gasteiger partial charge in [-0.15, -0.1) is 0 Å². The first-order chi connectivity index (χ1) is 8.97. The van der Waals surface area contributed by atoms with Gasteiger partial charge in [-0.3, -0.25) is 4.90 Å². The van der Waals surface area contributed by atoms with E-state index in [2.05, 4.69) is 11.8 Å². The number of hydrogen-bond acceptors (Lipinski definition) is 2. The van der Waals surface area contributed by atoms with Crippen molar-refractivity contribution in [2.75, 3.05) is 6.54 Å². The highest BCUT2D eigenvalue weighted by Gasteiger charge is 2.46. The highest BCUT2D eigenvalue weighted by Crippen LogP contribution is 2.38. The molecule has 3 rings (SSSR count). The minimum Gasteiger partial charge on any atom is -0.388 e. The summed E-state index contributed by atoms with van der Waals surface area (Å²) in [6, 6.07) is 4.50. The molecule has 2 fully saturated rings. The molecule has 19 heavy (non-hydrogen) atoms. The number of halogens is 2.